The first-order chi connectivity index (χ1) is 14.7. The summed E-state index contributed by atoms with van der Waals surface area (Å²) in [6.07, 6.45) is 0. The summed E-state index contributed by atoms with van der Waals surface area (Å²) in [5.41, 5.74) is 1.70. The van der Waals surface area contributed by atoms with Crippen molar-refractivity contribution in [3.05, 3.63) is 87.5 Å². The summed E-state index contributed by atoms with van der Waals surface area (Å²) in [6, 6.07) is 18.0. The average molecular weight is 520 g/mol. The summed E-state index contributed by atoms with van der Waals surface area (Å²) in [7, 11) is -3.85. The Labute approximate surface area is 192 Å². The zero-order valence-electron chi connectivity index (χ0n) is 16.1. The molecule has 4 rings (SSSR count). The molecule has 0 atom stereocenters. The lowest BCUT2D eigenvalue weighted by Gasteiger charge is -2.10. The summed E-state index contributed by atoms with van der Waals surface area (Å²) in [4.78, 5) is 13.0. The van der Waals surface area contributed by atoms with E-state index in [1.54, 1.807) is 31.2 Å². The summed E-state index contributed by atoms with van der Waals surface area (Å²) >= 11 is 9.25. The van der Waals surface area contributed by atoms with Crippen molar-refractivity contribution in [2.45, 2.75) is 11.8 Å². The zero-order chi connectivity index (χ0) is 22.2. The predicted octanol–water partition coefficient (Wildman–Crippen LogP) is 6.21. The Morgan fingerprint density at radius 3 is 2.35 bits per heavy atom. The Morgan fingerprint density at radius 1 is 1.00 bits per heavy atom. The minimum atomic E-state index is -3.85. The van der Waals surface area contributed by atoms with Gasteiger partial charge in [-0.3, -0.25) is 9.52 Å². The maximum atomic E-state index is 12.9. The van der Waals surface area contributed by atoms with Gasteiger partial charge < -0.3 is 9.73 Å². The molecular weight excluding hydrogens is 504 g/mol. The maximum absolute atomic E-state index is 12.9. The number of nitrogens with one attached hydrogen (secondary N) is 2. The number of halogens is 2. The van der Waals surface area contributed by atoms with Gasteiger partial charge in [0, 0.05) is 16.1 Å². The van der Waals surface area contributed by atoms with Crippen molar-refractivity contribution in [1.29, 1.82) is 0 Å². The first kappa shape index (κ1) is 21.4. The maximum Gasteiger partial charge on any atom is 0.261 e. The molecule has 0 aliphatic heterocycles. The number of aryl methyl sites for hydroxylation is 1. The molecule has 1 heterocycles. The van der Waals surface area contributed by atoms with Crippen molar-refractivity contribution in [3.63, 3.8) is 0 Å². The number of anilines is 2. The molecule has 6 nitrogen and oxygen atoms in total. The molecule has 158 valence electrons. The van der Waals surface area contributed by atoms with E-state index in [4.69, 9.17) is 16.0 Å². The molecule has 0 saturated heterocycles. The fourth-order valence-corrected chi connectivity index (χ4v) is 4.87. The van der Waals surface area contributed by atoms with Crippen LogP contribution in [0, 0.1) is 6.92 Å². The van der Waals surface area contributed by atoms with Crippen LogP contribution in [0.3, 0.4) is 0 Å². The molecule has 9 heteroatoms. The van der Waals surface area contributed by atoms with Crippen LogP contribution in [0.5, 0.6) is 0 Å². The number of carbonyl (C=O) groups is 1. The van der Waals surface area contributed by atoms with Crippen LogP contribution in [-0.4, -0.2) is 14.3 Å². The normalized spacial score (nSPS) is 11.5. The van der Waals surface area contributed by atoms with Crippen molar-refractivity contribution in [2.75, 3.05) is 10.0 Å². The number of fused-ring (bicyclic) bond motifs is 1. The van der Waals surface area contributed by atoms with Crippen molar-refractivity contribution in [3.8, 4) is 0 Å². The second-order valence-corrected chi connectivity index (χ2v) is 9.72. The third kappa shape index (κ3) is 4.46. The number of sulfonamides is 1. The van der Waals surface area contributed by atoms with Crippen LogP contribution in [0.25, 0.3) is 11.0 Å². The molecule has 4 aromatic rings. The highest BCUT2D eigenvalue weighted by Gasteiger charge is 2.22. The van der Waals surface area contributed by atoms with Gasteiger partial charge in [-0.2, -0.15) is 0 Å². The lowest BCUT2D eigenvalue weighted by Crippen LogP contribution is -2.14. The van der Waals surface area contributed by atoms with Gasteiger partial charge in [0.2, 0.25) is 0 Å². The molecular formula is C22H16BrClN2O4S. The van der Waals surface area contributed by atoms with Gasteiger partial charge in [0.25, 0.3) is 15.9 Å². The van der Waals surface area contributed by atoms with Crippen molar-refractivity contribution >= 4 is 65.8 Å². The predicted molar refractivity (Wildman–Crippen MR) is 125 cm³/mol. The summed E-state index contributed by atoms with van der Waals surface area (Å²) in [6.45, 7) is 1.68. The molecule has 3 aromatic carbocycles. The Morgan fingerprint density at radius 2 is 1.68 bits per heavy atom. The first-order valence-corrected chi connectivity index (χ1v) is 11.8. The smallest absolute Gasteiger partial charge is 0.261 e. The van der Waals surface area contributed by atoms with Gasteiger partial charge in [0.15, 0.2) is 0 Å². The van der Waals surface area contributed by atoms with E-state index in [0.29, 0.717) is 37.5 Å². The minimum absolute atomic E-state index is 0.0681. The fourth-order valence-electron chi connectivity index (χ4n) is 3.16. The number of hydrogen-bond donors (Lipinski definition) is 2. The third-order valence-corrected chi connectivity index (χ3v) is 6.79. The lowest BCUT2D eigenvalue weighted by molar-refractivity contribution is 0.102. The van der Waals surface area contributed by atoms with Crippen molar-refractivity contribution in [1.82, 2.24) is 0 Å². The molecule has 0 aliphatic carbocycles. The second-order valence-electron chi connectivity index (χ2n) is 6.75. The number of furan rings is 1. The van der Waals surface area contributed by atoms with Gasteiger partial charge in [0.1, 0.15) is 11.3 Å². The van der Waals surface area contributed by atoms with Crippen LogP contribution in [-0.2, 0) is 10.0 Å². The number of amides is 1. The largest absolute Gasteiger partial charge is 0.459 e. The first-order valence-electron chi connectivity index (χ1n) is 9.12. The van der Waals surface area contributed by atoms with Crippen LogP contribution in [0.2, 0.25) is 5.02 Å². The van der Waals surface area contributed by atoms with E-state index in [1.807, 2.05) is 18.2 Å². The standard InChI is InChI=1S/C22H16BrClN2O4S/c1-13-20(22(27)25-15-5-3-2-4-6-15)18-11-16(12-19(23)21(18)30-13)26-31(28,29)17-9-7-14(24)8-10-17/h2-12,26H,1H3,(H,25,27). The molecule has 0 fully saturated rings. The van der Waals surface area contributed by atoms with Gasteiger partial charge in [-0.1, -0.05) is 29.8 Å². The van der Waals surface area contributed by atoms with Crippen LogP contribution >= 0.6 is 27.5 Å². The van der Waals surface area contributed by atoms with Crippen molar-refractivity contribution in [2.24, 2.45) is 0 Å². The summed E-state index contributed by atoms with van der Waals surface area (Å²) in [5.74, 6) is 0.0638. The van der Waals surface area contributed by atoms with E-state index in [1.165, 1.54) is 24.3 Å². The number of hydrogen-bond acceptors (Lipinski definition) is 4. The SMILES string of the molecule is Cc1oc2c(Br)cc(NS(=O)(=O)c3ccc(Cl)cc3)cc2c1C(=O)Nc1ccccc1. The quantitative estimate of drug-likeness (QED) is 0.328. The molecule has 0 saturated carbocycles. The van der Waals surface area contributed by atoms with E-state index in [2.05, 4.69) is 26.0 Å². The molecule has 2 N–H and O–H groups in total. The average Bonchev–Trinajstić information content (AvgIpc) is 3.05. The van der Waals surface area contributed by atoms with Gasteiger partial charge in [-0.15, -0.1) is 0 Å². The van der Waals surface area contributed by atoms with Crippen LogP contribution in [0.15, 0.2) is 80.5 Å². The van der Waals surface area contributed by atoms with E-state index in [9.17, 15) is 13.2 Å². The van der Waals surface area contributed by atoms with Crippen molar-refractivity contribution < 1.29 is 17.6 Å². The monoisotopic (exact) mass is 518 g/mol. The topological polar surface area (TPSA) is 88.4 Å². The molecule has 31 heavy (non-hydrogen) atoms. The fraction of sp³-hybridized carbons (Fsp3) is 0.0455. The van der Waals surface area contributed by atoms with E-state index in [0.717, 1.165) is 0 Å². The molecule has 0 unspecified atom stereocenters. The zero-order valence-corrected chi connectivity index (χ0v) is 19.3. The van der Waals surface area contributed by atoms with Crippen LogP contribution in [0.1, 0.15) is 16.1 Å². The number of carbonyl (C=O) groups excluding carboxylic acids is 1. The Balaban J connectivity index is 1.73. The van der Waals surface area contributed by atoms with Crippen LogP contribution in [0.4, 0.5) is 11.4 Å². The van der Waals surface area contributed by atoms with Gasteiger partial charge >= 0.3 is 0 Å². The molecule has 1 amide bonds. The number of benzene rings is 3. The summed E-state index contributed by atoms with van der Waals surface area (Å²) < 4.78 is 34.3. The van der Waals surface area contributed by atoms with Crippen LogP contribution < -0.4 is 10.0 Å². The Kier molecular flexibility index (Phi) is 5.79. The number of para-hydroxylation sites is 1. The highest BCUT2D eigenvalue weighted by atomic mass is 79.9. The van der Waals surface area contributed by atoms with E-state index >= 15 is 0 Å². The Bertz CT molecular complexity index is 1380. The number of rotatable bonds is 5. The lowest BCUT2D eigenvalue weighted by atomic mass is 10.1. The van der Waals surface area contributed by atoms with Gasteiger partial charge in [-0.25, -0.2) is 8.42 Å². The van der Waals surface area contributed by atoms with E-state index in [-0.39, 0.29) is 16.5 Å². The molecule has 1 aromatic heterocycles. The molecule has 0 bridgehead atoms. The van der Waals surface area contributed by atoms with E-state index < -0.39 is 10.0 Å². The minimum Gasteiger partial charge on any atom is -0.459 e. The highest BCUT2D eigenvalue weighted by Crippen LogP contribution is 2.35. The second kappa shape index (κ2) is 8.37. The molecule has 0 radical (unpaired) electrons. The highest BCUT2D eigenvalue weighted by molar-refractivity contribution is 9.10. The summed E-state index contributed by atoms with van der Waals surface area (Å²) in [5, 5.41) is 3.75. The third-order valence-electron chi connectivity index (χ3n) is 4.56. The molecule has 0 spiro atoms. The molecule has 0 aliphatic rings. The Hall–Kier alpha value is -2.81. The van der Waals surface area contributed by atoms with Gasteiger partial charge in [0.05, 0.1) is 20.6 Å². The van der Waals surface area contributed by atoms with Gasteiger partial charge in [-0.05, 0) is 71.4 Å².